The number of hydrogen-bond donors (Lipinski definition) is 1. The van der Waals surface area contributed by atoms with Crippen molar-refractivity contribution in [2.75, 3.05) is 13.7 Å². The molecule has 1 atom stereocenters. The summed E-state index contributed by atoms with van der Waals surface area (Å²) in [5.74, 6) is 0.887. The van der Waals surface area contributed by atoms with Crippen LogP contribution in [0.3, 0.4) is 0 Å². The van der Waals surface area contributed by atoms with Crippen LogP contribution in [0.1, 0.15) is 36.9 Å². The number of ether oxygens (including phenoxy) is 1. The van der Waals surface area contributed by atoms with Gasteiger partial charge in [0.1, 0.15) is 15.8 Å². The van der Waals surface area contributed by atoms with Gasteiger partial charge in [-0.1, -0.05) is 37.3 Å². The quantitative estimate of drug-likeness (QED) is 0.883. The topological polar surface area (TPSA) is 47.0 Å². The molecule has 0 saturated heterocycles. The average molecular weight is 291 g/mol. The second-order valence-corrected chi connectivity index (χ2v) is 5.66. The standard InChI is InChI=1S/C15H21N3OS/c1-5-12(16-6-2)15-18-17-14(20-15)11-8-7-10(3)13(9-11)19-4/h7-9,12,16H,5-6H2,1-4H3. The Morgan fingerprint density at radius 2 is 2.10 bits per heavy atom. The number of nitrogens with one attached hydrogen (secondary N) is 1. The summed E-state index contributed by atoms with van der Waals surface area (Å²) in [5, 5.41) is 14.1. The van der Waals surface area contributed by atoms with Crippen molar-refractivity contribution in [3.05, 3.63) is 28.8 Å². The van der Waals surface area contributed by atoms with Crippen LogP contribution in [-0.4, -0.2) is 23.9 Å². The average Bonchev–Trinajstić information content (AvgIpc) is 2.95. The van der Waals surface area contributed by atoms with E-state index in [2.05, 4.69) is 41.5 Å². The maximum absolute atomic E-state index is 5.37. The van der Waals surface area contributed by atoms with Gasteiger partial charge in [-0.3, -0.25) is 0 Å². The smallest absolute Gasteiger partial charge is 0.147 e. The van der Waals surface area contributed by atoms with E-state index in [1.165, 1.54) is 0 Å². The fraction of sp³-hybridized carbons (Fsp3) is 0.467. The number of nitrogens with zero attached hydrogens (tertiary/aromatic N) is 2. The fourth-order valence-electron chi connectivity index (χ4n) is 2.10. The van der Waals surface area contributed by atoms with Gasteiger partial charge in [0.25, 0.3) is 0 Å². The fourth-order valence-corrected chi connectivity index (χ4v) is 3.10. The van der Waals surface area contributed by atoms with Crippen molar-refractivity contribution in [3.63, 3.8) is 0 Å². The van der Waals surface area contributed by atoms with Gasteiger partial charge < -0.3 is 10.1 Å². The number of methoxy groups -OCH3 is 1. The molecule has 0 bridgehead atoms. The van der Waals surface area contributed by atoms with Crippen LogP contribution in [0.15, 0.2) is 18.2 Å². The van der Waals surface area contributed by atoms with E-state index in [1.54, 1.807) is 18.4 Å². The minimum absolute atomic E-state index is 0.290. The van der Waals surface area contributed by atoms with Crippen LogP contribution in [0.4, 0.5) is 0 Å². The van der Waals surface area contributed by atoms with Crippen LogP contribution in [0.25, 0.3) is 10.6 Å². The molecule has 2 aromatic rings. The van der Waals surface area contributed by atoms with E-state index in [0.29, 0.717) is 6.04 Å². The third-order valence-electron chi connectivity index (χ3n) is 3.25. The minimum atomic E-state index is 0.290. The summed E-state index contributed by atoms with van der Waals surface area (Å²) >= 11 is 1.64. The Kier molecular flexibility index (Phi) is 5.09. The summed E-state index contributed by atoms with van der Waals surface area (Å²) < 4.78 is 5.37. The van der Waals surface area contributed by atoms with Gasteiger partial charge >= 0.3 is 0 Å². The molecule has 108 valence electrons. The Labute approximate surface area is 124 Å². The lowest BCUT2D eigenvalue weighted by Crippen LogP contribution is -2.19. The summed E-state index contributed by atoms with van der Waals surface area (Å²) in [5.41, 5.74) is 2.18. The van der Waals surface area contributed by atoms with Crippen LogP contribution in [-0.2, 0) is 0 Å². The van der Waals surface area contributed by atoms with Crippen molar-refractivity contribution in [1.29, 1.82) is 0 Å². The first-order valence-electron chi connectivity index (χ1n) is 6.91. The van der Waals surface area contributed by atoms with Crippen molar-refractivity contribution < 1.29 is 4.74 Å². The molecule has 4 nitrogen and oxygen atoms in total. The van der Waals surface area contributed by atoms with Gasteiger partial charge in [0, 0.05) is 5.56 Å². The summed E-state index contributed by atoms with van der Waals surface area (Å²) in [6.07, 6.45) is 1.01. The van der Waals surface area contributed by atoms with Gasteiger partial charge in [-0.05, 0) is 31.5 Å². The van der Waals surface area contributed by atoms with Crippen LogP contribution in [0, 0.1) is 6.92 Å². The van der Waals surface area contributed by atoms with E-state index in [0.717, 1.165) is 39.9 Å². The molecule has 1 unspecified atom stereocenters. The Hall–Kier alpha value is -1.46. The third-order valence-corrected chi connectivity index (χ3v) is 4.34. The Bertz CT molecular complexity index is 568. The molecule has 0 aliphatic rings. The van der Waals surface area contributed by atoms with Crippen LogP contribution in [0.5, 0.6) is 5.75 Å². The highest BCUT2D eigenvalue weighted by atomic mass is 32.1. The maximum atomic E-state index is 5.37. The van der Waals surface area contributed by atoms with Gasteiger partial charge in [0.15, 0.2) is 0 Å². The molecule has 1 aromatic carbocycles. The van der Waals surface area contributed by atoms with Crippen molar-refractivity contribution in [2.24, 2.45) is 0 Å². The van der Waals surface area contributed by atoms with Crippen LogP contribution in [0.2, 0.25) is 0 Å². The number of benzene rings is 1. The molecule has 20 heavy (non-hydrogen) atoms. The maximum Gasteiger partial charge on any atom is 0.147 e. The highest BCUT2D eigenvalue weighted by molar-refractivity contribution is 7.14. The van der Waals surface area contributed by atoms with E-state index >= 15 is 0 Å². The van der Waals surface area contributed by atoms with Gasteiger partial charge in [0.2, 0.25) is 0 Å². The lowest BCUT2D eigenvalue weighted by atomic mass is 10.1. The van der Waals surface area contributed by atoms with Crippen molar-refractivity contribution in [1.82, 2.24) is 15.5 Å². The Morgan fingerprint density at radius 1 is 1.30 bits per heavy atom. The largest absolute Gasteiger partial charge is 0.496 e. The van der Waals surface area contributed by atoms with Gasteiger partial charge in [-0.2, -0.15) is 0 Å². The summed E-state index contributed by atoms with van der Waals surface area (Å²) in [6, 6.07) is 6.43. The normalized spacial score (nSPS) is 12.4. The minimum Gasteiger partial charge on any atom is -0.496 e. The number of aryl methyl sites for hydroxylation is 1. The molecule has 1 heterocycles. The number of aromatic nitrogens is 2. The molecule has 0 spiro atoms. The van der Waals surface area contributed by atoms with E-state index in [9.17, 15) is 0 Å². The number of rotatable bonds is 6. The van der Waals surface area contributed by atoms with E-state index in [1.807, 2.05) is 13.0 Å². The highest BCUT2D eigenvalue weighted by Gasteiger charge is 2.15. The van der Waals surface area contributed by atoms with Crippen molar-refractivity contribution >= 4 is 11.3 Å². The zero-order chi connectivity index (χ0) is 14.5. The van der Waals surface area contributed by atoms with E-state index in [-0.39, 0.29) is 0 Å². The first-order chi connectivity index (χ1) is 9.69. The van der Waals surface area contributed by atoms with Gasteiger partial charge in [-0.25, -0.2) is 0 Å². The zero-order valence-electron chi connectivity index (χ0n) is 12.4. The number of hydrogen-bond acceptors (Lipinski definition) is 5. The molecular formula is C15H21N3OS. The van der Waals surface area contributed by atoms with Crippen LogP contribution >= 0.6 is 11.3 Å². The second kappa shape index (κ2) is 6.81. The van der Waals surface area contributed by atoms with Crippen molar-refractivity contribution in [3.8, 4) is 16.3 Å². The van der Waals surface area contributed by atoms with Crippen LogP contribution < -0.4 is 10.1 Å². The molecule has 1 N–H and O–H groups in total. The van der Waals surface area contributed by atoms with E-state index < -0.39 is 0 Å². The molecule has 0 aliphatic heterocycles. The Morgan fingerprint density at radius 3 is 2.75 bits per heavy atom. The summed E-state index contributed by atoms with van der Waals surface area (Å²) in [6.45, 7) is 7.23. The third kappa shape index (κ3) is 3.16. The Balaban J connectivity index is 2.28. The highest BCUT2D eigenvalue weighted by Crippen LogP contribution is 2.31. The van der Waals surface area contributed by atoms with Gasteiger partial charge in [-0.15, -0.1) is 10.2 Å². The first kappa shape index (κ1) is 14.9. The SMILES string of the molecule is CCNC(CC)c1nnc(-c2ccc(C)c(OC)c2)s1. The monoisotopic (exact) mass is 291 g/mol. The first-order valence-corrected chi connectivity index (χ1v) is 7.73. The van der Waals surface area contributed by atoms with Crippen molar-refractivity contribution in [2.45, 2.75) is 33.2 Å². The van der Waals surface area contributed by atoms with Gasteiger partial charge in [0.05, 0.1) is 13.2 Å². The van der Waals surface area contributed by atoms with E-state index in [4.69, 9.17) is 4.74 Å². The zero-order valence-corrected chi connectivity index (χ0v) is 13.3. The molecule has 0 saturated carbocycles. The molecule has 0 radical (unpaired) electrons. The lowest BCUT2D eigenvalue weighted by Gasteiger charge is -2.11. The summed E-state index contributed by atoms with van der Waals surface area (Å²) in [7, 11) is 1.69. The molecular weight excluding hydrogens is 270 g/mol. The predicted octanol–water partition coefficient (Wildman–Crippen LogP) is 3.58. The molecule has 1 aromatic heterocycles. The molecule has 2 rings (SSSR count). The molecule has 0 aliphatic carbocycles. The second-order valence-electron chi connectivity index (χ2n) is 4.65. The molecule has 0 fully saturated rings. The molecule has 5 heteroatoms. The summed E-state index contributed by atoms with van der Waals surface area (Å²) in [4.78, 5) is 0. The predicted molar refractivity (Wildman–Crippen MR) is 83.3 cm³/mol. The lowest BCUT2D eigenvalue weighted by molar-refractivity contribution is 0.412. The molecule has 0 amide bonds.